The Bertz CT molecular complexity index is 952. The number of ketones is 1. The van der Waals surface area contributed by atoms with Gasteiger partial charge in [0.1, 0.15) is 5.76 Å². The van der Waals surface area contributed by atoms with Gasteiger partial charge in [-0.2, -0.15) is 0 Å². The molecule has 0 atom stereocenters. The highest BCUT2D eigenvalue weighted by molar-refractivity contribution is 7.09. The number of hydrogen-bond donors (Lipinski definition) is 0. The molecule has 0 N–H and O–H groups in total. The number of furan rings is 1. The molecule has 28 heavy (non-hydrogen) atoms. The fourth-order valence-electron chi connectivity index (χ4n) is 3.37. The topological polar surface area (TPSA) is 53.8 Å². The number of rotatable bonds is 5. The normalized spacial score (nSPS) is 15.0. The molecule has 1 aliphatic heterocycles. The average molecular weight is 394 g/mol. The second kappa shape index (κ2) is 8.12. The predicted octanol–water partition coefficient (Wildman–Crippen LogP) is 4.17. The van der Waals surface area contributed by atoms with E-state index >= 15 is 0 Å². The summed E-state index contributed by atoms with van der Waals surface area (Å²) < 4.78 is 5.81. The lowest BCUT2D eigenvalue weighted by molar-refractivity contribution is 0.0599. The third-order valence-corrected chi connectivity index (χ3v) is 5.87. The summed E-state index contributed by atoms with van der Waals surface area (Å²) in [6.07, 6.45) is 0. The van der Waals surface area contributed by atoms with Crippen LogP contribution in [0.4, 0.5) is 0 Å². The Morgan fingerprint density at radius 1 is 1.00 bits per heavy atom. The highest BCUT2D eigenvalue weighted by Crippen LogP contribution is 2.24. The van der Waals surface area contributed by atoms with E-state index in [-0.39, 0.29) is 11.7 Å². The molecular formula is C22H22N2O3S. The third-order valence-electron chi connectivity index (χ3n) is 5.01. The minimum atomic E-state index is -0.0672. The van der Waals surface area contributed by atoms with E-state index in [2.05, 4.69) is 22.4 Å². The van der Waals surface area contributed by atoms with E-state index in [1.54, 1.807) is 36.5 Å². The molecule has 0 unspecified atom stereocenters. The molecule has 1 aliphatic rings. The zero-order chi connectivity index (χ0) is 19.5. The molecular weight excluding hydrogens is 372 g/mol. The van der Waals surface area contributed by atoms with Gasteiger partial charge in [0.25, 0.3) is 5.91 Å². The Kier molecular flexibility index (Phi) is 5.41. The van der Waals surface area contributed by atoms with Gasteiger partial charge in [-0.15, -0.1) is 11.3 Å². The lowest BCUT2D eigenvalue weighted by atomic mass is 10.1. The molecule has 0 bridgehead atoms. The van der Waals surface area contributed by atoms with E-state index in [0.717, 1.165) is 25.2 Å². The first-order valence-corrected chi connectivity index (χ1v) is 10.2. The summed E-state index contributed by atoms with van der Waals surface area (Å²) in [5.41, 5.74) is 1.51. The van der Waals surface area contributed by atoms with Crippen LogP contribution in [0.1, 0.15) is 32.7 Å². The fourth-order valence-corrected chi connectivity index (χ4v) is 4.11. The van der Waals surface area contributed by atoms with Crippen molar-refractivity contribution in [2.45, 2.75) is 13.5 Å². The first-order chi connectivity index (χ1) is 13.6. The molecule has 1 saturated heterocycles. The summed E-state index contributed by atoms with van der Waals surface area (Å²) in [6, 6.07) is 15.0. The number of benzene rings is 1. The van der Waals surface area contributed by atoms with Gasteiger partial charge in [-0.05, 0) is 30.5 Å². The maximum atomic E-state index is 12.8. The van der Waals surface area contributed by atoms with Crippen LogP contribution in [0.3, 0.4) is 0 Å². The van der Waals surface area contributed by atoms with Crippen LogP contribution in [0, 0.1) is 0 Å². The second-order valence-corrected chi connectivity index (χ2v) is 7.98. The molecule has 0 aliphatic carbocycles. The van der Waals surface area contributed by atoms with E-state index in [1.807, 2.05) is 23.1 Å². The molecule has 5 nitrogen and oxygen atoms in total. The van der Waals surface area contributed by atoms with E-state index in [1.165, 1.54) is 4.88 Å². The van der Waals surface area contributed by atoms with Gasteiger partial charge in [-0.3, -0.25) is 14.5 Å². The first kappa shape index (κ1) is 18.7. The van der Waals surface area contributed by atoms with Crippen molar-refractivity contribution < 1.29 is 14.0 Å². The van der Waals surface area contributed by atoms with Crippen molar-refractivity contribution >= 4 is 23.0 Å². The Labute approximate surface area is 168 Å². The minimum absolute atomic E-state index is 0.0279. The van der Waals surface area contributed by atoms with E-state index in [9.17, 15) is 9.59 Å². The number of Topliss-reactive ketones (excluding diaryl/α,β-unsaturated/α-hetero) is 1. The molecule has 6 heteroatoms. The number of carbonyl (C=O) groups excluding carboxylic acids is 2. The molecule has 1 aromatic carbocycles. The number of carbonyl (C=O) groups is 2. The Morgan fingerprint density at radius 3 is 2.39 bits per heavy atom. The molecule has 0 saturated carbocycles. The van der Waals surface area contributed by atoms with Gasteiger partial charge in [0.05, 0.1) is 0 Å². The third kappa shape index (κ3) is 4.08. The van der Waals surface area contributed by atoms with Crippen LogP contribution in [0.15, 0.2) is 58.3 Å². The summed E-state index contributed by atoms with van der Waals surface area (Å²) in [4.78, 5) is 29.8. The van der Waals surface area contributed by atoms with Crippen molar-refractivity contribution in [2.24, 2.45) is 0 Å². The van der Waals surface area contributed by atoms with Crippen LogP contribution in [0.25, 0.3) is 11.3 Å². The predicted molar refractivity (Wildman–Crippen MR) is 110 cm³/mol. The number of nitrogens with zero attached hydrogens (tertiary/aromatic N) is 2. The van der Waals surface area contributed by atoms with Gasteiger partial charge in [0.2, 0.25) is 0 Å². The standard InChI is InChI=1S/C22H22N2O3S/c1-16(25)17-4-6-18(7-5-17)20-8-9-21(27-20)22(26)24-12-10-23(11-13-24)15-19-3-2-14-28-19/h2-9,14H,10-13,15H2,1H3. The highest BCUT2D eigenvalue weighted by atomic mass is 32.1. The molecule has 2 aromatic heterocycles. The fraction of sp³-hybridized carbons (Fsp3) is 0.273. The van der Waals surface area contributed by atoms with Crippen LogP contribution in [0.5, 0.6) is 0 Å². The molecule has 3 heterocycles. The monoisotopic (exact) mass is 394 g/mol. The minimum Gasteiger partial charge on any atom is -0.451 e. The Balaban J connectivity index is 1.37. The maximum absolute atomic E-state index is 12.8. The summed E-state index contributed by atoms with van der Waals surface area (Å²) in [7, 11) is 0. The number of amides is 1. The average Bonchev–Trinajstić information content (AvgIpc) is 3.40. The van der Waals surface area contributed by atoms with Gasteiger partial charge < -0.3 is 9.32 Å². The van der Waals surface area contributed by atoms with Crippen molar-refractivity contribution in [3.63, 3.8) is 0 Å². The quantitative estimate of drug-likeness (QED) is 0.610. The van der Waals surface area contributed by atoms with Gasteiger partial charge >= 0.3 is 0 Å². The zero-order valence-corrected chi connectivity index (χ0v) is 16.6. The van der Waals surface area contributed by atoms with Gasteiger partial charge in [-0.25, -0.2) is 0 Å². The molecule has 1 amide bonds. The molecule has 3 aromatic rings. The van der Waals surface area contributed by atoms with Crippen LogP contribution in [-0.4, -0.2) is 47.7 Å². The lowest BCUT2D eigenvalue weighted by Crippen LogP contribution is -2.48. The van der Waals surface area contributed by atoms with E-state index in [4.69, 9.17) is 4.42 Å². The highest BCUT2D eigenvalue weighted by Gasteiger charge is 2.24. The van der Waals surface area contributed by atoms with Crippen molar-refractivity contribution in [3.05, 3.63) is 70.1 Å². The smallest absolute Gasteiger partial charge is 0.289 e. The molecule has 0 spiro atoms. The molecule has 1 fully saturated rings. The number of hydrogen-bond acceptors (Lipinski definition) is 5. The van der Waals surface area contributed by atoms with E-state index < -0.39 is 0 Å². The number of piperazine rings is 1. The van der Waals surface area contributed by atoms with Crippen molar-refractivity contribution in [2.75, 3.05) is 26.2 Å². The van der Waals surface area contributed by atoms with Gasteiger partial charge in [-0.1, -0.05) is 30.3 Å². The Morgan fingerprint density at radius 2 is 1.75 bits per heavy atom. The first-order valence-electron chi connectivity index (χ1n) is 9.35. The van der Waals surface area contributed by atoms with Crippen LogP contribution in [0.2, 0.25) is 0 Å². The van der Waals surface area contributed by atoms with Crippen molar-refractivity contribution in [3.8, 4) is 11.3 Å². The molecule has 4 rings (SSSR count). The summed E-state index contributed by atoms with van der Waals surface area (Å²) in [6.45, 7) is 5.62. The van der Waals surface area contributed by atoms with Crippen LogP contribution < -0.4 is 0 Å². The SMILES string of the molecule is CC(=O)c1ccc(-c2ccc(C(=O)N3CCN(Cc4cccs4)CC3)o2)cc1. The Hall–Kier alpha value is -2.70. The van der Waals surface area contributed by atoms with Gasteiger partial charge in [0, 0.05) is 48.7 Å². The summed E-state index contributed by atoms with van der Waals surface area (Å²) >= 11 is 1.77. The van der Waals surface area contributed by atoms with Crippen LogP contribution >= 0.6 is 11.3 Å². The maximum Gasteiger partial charge on any atom is 0.289 e. The van der Waals surface area contributed by atoms with Crippen molar-refractivity contribution in [1.29, 1.82) is 0 Å². The zero-order valence-electron chi connectivity index (χ0n) is 15.8. The van der Waals surface area contributed by atoms with Crippen molar-refractivity contribution in [1.82, 2.24) is 9.80 Å². The largest absolute Gasteiger partial charge is 0.451 e. The lowest BCUT2D eigenvalue weighted by Gasteiger charge is -2.34. The van der Waals surface area contributed by atoms with E-state index in [0.29, 0.717) is 30.2 Å². The second-order valence-electron chi connectivity index (χ2n) is 6.95. The molecule has 0 radical (unpaired) electrons. The molecule has 144 valence electrons. The summed E-state index contributed by atoms with van der Waals surface area (Å²) in [5.74, 6) is 0.953. The number of thiophene rings is 1. The van der Waals surface area contributed by atoms with Gasteiger partial charge in [0.15, 0.2) is 11.5 Å². The summed E-state index contributed by atoms with van der Waals surface area (Å²) in [5, 5.41) is 2.09. The van der Waals surface area contributed by atoms with Crippen LogP contribution in [-0.2, 0) is 6.54 Å².